The van der Waals surface area contributed by atoms with Crippen LogP contribution in [0.2, 0.25) is 0 Å². The second-order valence-electron chi connectivity index (χ2n) is 9.63. The number of aromatic nitrogens is 2. The number of rotatable bonds is 4. The van der Waals surface area contributed by atoms with Crippen LogP contribution in [0.3, 0.4) is 0 Å². The molecule has 1 fully saturated rings. The van der Waals surface area contributed by atoms with Crippen LogP contribution in [0.4, 0.5) is 0 Å². The number of allylic oxidation sites excluding steroid dienone is 3. The van der Waals surface area contributed by atoms with E-state index in [1.54, 1.807) is 6.92 Å². The second-order valence-corrected chi connectivity index (χ2v) is 9.63. The number of hydrogen-bond donors (Lipinski definition) is 2. The fourth-order valence-electron chi connectivity index (χ4n) is 5.49. The highest BCUT2D eigenvalue weighted by molar-refractivity contribution is 5.99. The maximum Gasteiger partial charge on any atom is 0.219 e. The number of carbonyl (C=O) groups excluding carboxylic acids is 1. The van der Waals surface area contributed by atoms with Gasteiger partial charge in [-0.25, -0.2) is 0 Å². The Bertz CT molecular complexity index is 1040. The number of hydrogen-bond acceptors (Lipinski definition) is 5. The van der Waals surface area contributed by atoms with Gasteiger partial charge in [0.15, 0.2) is 0 Å². The Kier molecular flexibility index (Phi) is 5.86. The lowest BCUT2D eigenvalue weighted by molar-refractivity contribution is -0.128. The van der Waals surface area contributed by atoms with Crippen LogP contribution in [-0.4, -0.2) is 70.2 Å². The van der Waals surface area contributed by atoms with Gasteiger partial charge in [-0.15, -0.1) is 0 Å². The largest absolute Gasteiger partial charge is 0.381 e. The molecule has 5 rings (SSSR count). The molecule has 4 aliphatic rings. The monoisotopic (exact) mass is 450 g/mol. The van der Waals surface area contributed by atoms with Crippen molar-refractivity contribution in [3.8, 4) is 0 Å². The van der Waals surface area contributed by atoms with Crippen LogP contribution in [0.25, 0.3) is 0 Å². The fourth-order valence-corrected chi connectivity index (χ4v) is 5.49. The first-order valence-corrected chi connectivity index (χ1v) is 12.0. The summed E-state index contributed by atoms with van der Waals surface area (Å²) < 4.78 is 7.33. The lowest BCUT2D eigenvalue weighted by Crippen LogP contribution is -2.50. The summed E-state index contributed by atoms with van der Waals surface area (Å²) in [6, 6.07) is 0.306. The summed E-state index contributed by atoms with van der Waals surface area (Å²) in [7, 11) is 2.01. The van der Waals surface area contributed by atoms with E-state index in [1.165, 1.54) is 22.5 Å². The highest BCUT2D eigenvalue weighted by atomic mass is 16.5. The molecule has 8 nitrogen and oxygen atoms in total. The van der Waals surface area contributed by atoms with Crippen LogP contribution < -0.4 is 5.32 Å². The molecule has 1 amide bonds. The molecule has 8 heteroatoms. The molecule has 2 N–H and O–H groups in total. The maximum atomic E-state index is 12.1. The van der Waals surface area contributed by atoms with E-state index in [1.807, 2.05) is 22.8 Å². The molecule has 1 saturated heterocycles. The van der Waals surface area contributed by atoms with Gasteiger partial charge in [-0.3, -0.25) is 14.9 Å². The number of ether oxygens (including phenoxy) is 1. The van der Waals surface area contributed by atoms with Gasteiger partial charge in [-0.2, -0.15) is 5.10 Å². The lowest BCUT2D eigenvalue weighted by Gasteiger charge is -2.40. The molecular formula is C25H34N6O2. The van der Waals surface area contributed by atoms with E-state index in [9.17, 15) is 10.2 Å². The zero-order valence-electron chi connectivity index (χ0n) is 19.9. The van der Waals surface area contributed by atoms with Gasteiger partial charge in [0, 0.05) is 62.1 Å². The quantitative estimate of drug-likeness (QED) is 0.544. The fraction of sp³-hybridized carbons (Fsp3) is 0.560. The minimum Gasteiger partial charge on any atom is -0.381 e. The van der Waals surface area contributed by atoms with Gasteiger partial charge in [-0.1, -0.05) is 6.08 Å². The van der Waals surface area contributed by atoms with Gasteiger partial charge in [0.05, 0.1) is 32.0 Å². The topological polar surface area (TPSA) is 86.5 Å². The van der Waals surface area contributed by atoms with E-state index in [2.05, 4.69) is 34.4 Å². The smallest absolute Gasteiger partial charge is 0.219 e. The van der Waals surface area contributed by atoms with Crippen LogP contribution in [-0.2, 0) is 16.6 Å². The maximum absolute atomic E-state index is 12.1. The third-order valence-corrected chi connectivity index (χ3v) is 7.36. The Morgan fingerprint density at radius 3 is 2.76 bits per heavy atom. The van der Waals surface area contributed by atoms with Crippen molar-refractivity contribution in [2.45, 2.75) is 51.5 Å². The Morgan fingerprint density at radius 2 is 2.09 bits per heavy atom. The van der Waals surface area contributed by atoms with Crippen molar-refractivity contribution in [2.75, 3.05) is 32.8 Å². The third kappa shape index (κ3) is 4.12. The highest BCUT2D eigenvalue weighted by Gasteiger charge is 2.33. The zero-order valence-corrected chi connectivity index (χ0v) is 19.9. The van der Waals surface area contributed by atoms with Gasteiger partial charge in [0.2, 0.25) is 5.91 Å². The molecule has 0 aromatic carbocycles. The molecule has 0 spiro atoms. The van der Waals surface area contributed by atoms with Gasteiger partial charge in [-0.05, 0) is 43.4 Å². The summed E-state index contributed by atoms with van der Waals surface area (Å²) in [6.07, 6.45) is 10.3. The SMILES string of the molecule is CC(=O)N1CCC(NC2COC2)=C(C(=N)N2CCCC3=C2C=CC(c2c(C)cnn2C)C3)C1. The summed E-state index contributed by atoms with van der Waals surface area (Å²) in [5.41, 5.74) is 7.12. The normalized spacial score (nSPS) is 23.5. The molecule has 1 aromatic rings. The van der Waals surface area contributed by atoms with Crippen molar-refractivity contribution < 1.29 is 9.53 Å². The second kappa shape index (κ2) is 8.82. The molecule has 176 valence electrons. The number of amidine groups is 1. The predicted octanol–water partition coefficient (Wildman–Crippen LogP) is 2.59. The standard InChI is InChI=1S/C25H34N6O2/c1-16-12-27-29(3)24(16)19-6-7-23-18(11-19)5-4-9-31(23)25(26)21-13-30(17(2)32)10-8-22(21)28-20-14-33-15-20/h6-7,12,19-20,26,28H,4-5,8-11,13-15H2,1-3H3. The molecule has 0 saturated carbocycles. The molecule has 1 atom stereocenters. The van der Waals surface area contributed by atoms with E-state index in [-0.39, 0.29) is 5.91 Å². The van der Waals surface area contributed by atoms with Crippen molar-refractivity contribution in [3.05, 3.63) is 52.1 Å². The number of nitrogens with one attached hydrogen (secondary N) is 2. The molecule has 1 unspecified atom stereocenters. The minimum absolute atomic E-state index is 0.0665. The Hall–Kier alpha value is -2.87. The van der Waals surface area contributed by atoms with Crippen LogP contribution in [0, 0.1) is 12.3 Å². The van der Waals surface area contributed by atoms with Crippen molar-refractivity contribution in [3.63, 3.8) is 0 Å². The Balaban J connectivity index is 1.41. The van der Waals surface area contributed by atoms with E-state index in [4.69, 9.17) is 4.74 Å². The number of aryl methyl sites for hydroxylation is 2. The Labute approximate surface area is 195 Å². The molecule has 33 heavy (non-hydrogen) atoms. The van der Waals surface area contributed by atoms with Crippen LogP contribution in [0.15, 0.2) is 40.9 Å². The van der Waals surface area contributed by atoms with Gasteiger partial charge in [0.1, 0.15) is 5.84 Å². The molecule has 1 aliphatic carbocycles. The average molecular weight is 451 g/mol. The van der Waals surface area contributed by atoms with Crippen molar-refractivity contribution in [1.29, 1.82) is 5.41 Å². The van der Waals surface area contributed by atoms with E-state index < -0.39 is 0 Å². The molecule has 1 aromatic heterocycles. The molecule has 0 bridgehead atoms. The summed E-state index contributed by atoms with van der Waals surface area (Å²) in [6.45, 7) is 7.17. The molecule has 0 radical (unpaired) electrons. The van der Waals surface area contributed by atoms with E-state index in [0.29, 0.717) is 44.1 Å². The van der Waals surface area contributed by atoms with Crippen molar-refractivity contribution >= 4 is 11.7 Å². The third-order valence-electron chi connectivity index (χ3n) is 7.36. The van der Waals surface area contributed by atoms with E-state index in [0.717, 1.165) is 43.5 Å². The first-order valence-electron chi connectivity index (χ1n) is 12.0. The average Bonchev–Trinajstić information content (AvgIpc) is 3.12. The first-order chi connectivity index (χ1) is 15.9. The number of amides is 1. The van der Waals surface area contributed by atoms with Gasteiger partial charge >= 0.3 is 0 Å². The first kappa shape index (κ1) is 21.9. The Morgan fingerprint density at radius 1 is 1.27 bits per heavy atom. The number of carbonyl (C=O) groups is 1. The number of nitrogens with zero attached hydrogens (tertiary/aromatic N) is 4. The summed E-state index contributed by atoms with van der Waals surface area (Å²) in [4.78, 5) is 16.1. The van der Waals surface area contributed by atoms with Crippen molar-refractivity contribution in [2.24, 2.45) is 7.05 Å². The lowest BCUT2D eigenvalue weighted by atomic mass is 9.84. The van der Waals surface area contributed by atoms with Gasteiger partial charge in [0.25, 0.3) is 0 Å². The van der Waals surface area contributed by atoms with Gasteiger partial charge < -0.3 is 19.9 Å². The minimum atomic E-state index is 0.0665. The summed E-state index contributed by atoms with van der Waals surface area (Å²) >= 11 is 0. The zero-order chi connectivity index (χ0) is 23.1. The van der Waals surface area contributed by atoms with Crippen LogP contribution in [0.1, 0.15) is 49.8 Å². The van der Waals surface area contributed by atoms with E-state index >= 15 is 0 Å². The molecule has 3 aliphatic heterocycles. The summed E-state index contributed by atoms with van der Waals surface area (Å²) in [5.74, 6) is 0.913. The van der Waals surface area contributed by atoms with Crippen molar-refractivity contribution in [1.82, 2.24) is 24.9 Å². The molecule has 4 heterocycles. The van der Waals surface area contributed by atoms with Crippen LogP contribution in [0.5, 0.6) is 0 Å². The summed E-state index contributed by atoms with van der Waals surface area (Å²) in [5, 5.41) is 17.2. The molecular weight excluding hydrogens is 416 g/mol. The predicted molar refractivity (Wildman–Crippen MR) is 127 cm³/mol. The van der Waals surface area contributed by atoms with Crippen LogP contribution >= 0.6 is 0 Å². The highest BCUT2D eigenvalue weighted by Crippen LogP contribution is 2.38.